The van der Waals surface area contributed by atoms with Gasteiger partial charge in [-0.15, -0.1) is 0 Å². The third-order valence-corrected chi connectivity index (χ3v) is 3.49. The van der Waals surface area contributed by atoms with Gasteiger partial charge in [0, 0.05) is 31.8 Å². The molecule has 0 aliphatic carbocycles. The van der Waals surface area contributed by atoms with Gasteiger partial charge in [-0.05, 0) is 12.8 Å². The Morgan fingerprint density at radius 1 is 1.59 bits per heavy atom. The summed E-state index contributed by atoms with van der Waals surface area (Å²) in [7, 11) is 0. The van der Waals surface area contributed by atoms with Gasteiger partial charge in [0.25, 0.3) is 0 Å². The number of aryl methyl sites for hydroxylation is 1. The second-order valence-corrected chi connectivity index (χ2v) is 4.83. The van der Waals surface area contributed by atoms with Crippen molar-refractivity contribution >= 4 is 0 Å². The van der Waals surface area contributed by atoms with Crippen LogP contribution in [0.1, 0.15) is 45.4 Å². The van der Waals surface area contributed by atoms with Crippen molar-refractivity contribution in [2.75, 3.05) is 6.61 Å². The Bertz CT molecular complexity index is 364. The van der Waals surface area contributed by atoms with Crippen molar-refractivity contribution in [3.63, 3.8) is 0 Å². The Hall–Kier alpha value is -0.870. The molecule has 96 valence electrons. The minimum absolute atomic E-state index is 0.153. The Morgan fingerprint density at radius 2 is 2.41 bits per heavy atom. The molecule has 2 heterocycles. The van der Waals surface area contributed by atoms with Gasteiger partial charge in [0.1, 0.15) is 11.4 Å². The summed E-state index contributed by atoms with van der Waals surface area (Å²) >= 11 is 0. The second-order valence-electron chi connectivity index (χ2n) is 4.83. The predicted molar refractivity (Wildman–Crippen MR) is 65.7 cm³/mol. The molecular weight excluding hydrogens is 216 g/mol. The van der Waals surface area contributed by atoms with Gasteiger partial charge in [-0.2, -0.15) is 0 Å². The van der Waals surface area contributed by atoms with Gasteiger partial charge in [-0.1, -0.05) is 13.8 Å². The zero-order chi connectivity index (χ0) is 12.3. The van der Waals surface area contributed by atoms with E-state index in [-0.39, 0.29) is 6.10 Å². The van der Waals surface area contributed by atoms with E-state index in [2.05, 4.69) is 23.4 Å². The molecule has 4 nitrogen and oxygen atoms in total. The molecule has 1 saturated heterocycles. The minimum Gasteiger partial charge on any atom is -0.382 e. The largest absolute Gasteiger partial charge is 0.382 e. The average molecular weight is 238 g/mol. The zero-order valence-corrected chi connectivity index (χ0v) is 10.7. The van der Waals surface area contributed by atoms with E-state index in [0.717, 1.165) is 25.2 Å². The third-order valence-electron chi connectivity index (χ3n) is 3.49. The maximum atomic E-state index is 10.8. The number of imidazole rings is 1. The maximum absolute atomic E-state index is 10.8. The lowest BCUT2D eigenvalue weighted by molar-refractivity contribution is -0.114. The van der Waals surface area contributed by atoms with E-state index in [4.69, 9.17) is 4.74 Å². The molecule has 2 atom stereocenters. The molecule has 0 bridgehead atoms. The summed E-state index contributed by atoms with van der Waals surface area (Å²) in [5.74, 6) is 0.807. The van der Waals surface area contributed by atoms with Crippen molar-refractivity contribution in [2.45, 2.75) is 57.8 Å². The number of aliphatic hydroxyl groups is 1. The van der Waals surface area contributed by atoms with Crippen LogP contribution in [0.2, 0.25) is 0 Å². The highest BCUT2D eigenvalue weighted by molar-refractivity contribution is 5.07. The second kappa shape index (κ2) is 5.19. The molecule has 0 amide bonds. The van der Waals surface area contributed by atoms with Crippen LogP contribution in [-0.4, -0.2) is 27.4 Å². The third kappa shape index (κ3) is 2.53. The lowest BCUT2D eigenvalue weighted by atomic mass is 9.88. The molecule has 2 rings (SSSR count). The molecule has 0 saturated carbocycles. The molecule has 0 aromatic carbocycles. The number of ether oxygens (including phenoxy) is 1. The number of rotatable bonds is 4. The van der Waals surface area contributed by atoms with E-state index in [1.54, 1.807) is 6.20 Å². The molecule has 1 fully saturated rings. The van der Waals surface area contributed by atoms with Crippen molar-refractivity contribution in [2.24, 2.45) is 0 Å². The maximum Gasteiger partial charge on any atom is 0.140 e. The first-order valence-corrected chi connectivity index (χ1v) is 6.55. The fraction of sp³-hybridized carbons (Fsp3) is 0.769. The molecular formula is C13H22N2O2. The lowest BCUT2D eigenvalue weighted by Crippen LogP contribution is -2.40. The molecule has 0 spiro atoms. The summed E-state index contributed by atoms with van der Waals surface area (Å²) in [6.45, 7) is 5.75. The quantitative estimate of drug-likeness (QED) is 0.873. The topological polar surface area (TPSA) is 47.3 Å². The van der Waals surface area contributed by atoms with E-state index in [0.29, 0.717) is 19.4 Å². The minimum atomic E-state index is -0.808. The van der Waals surface area contributed by atoms with Crippen molar-refractivity contribution < 1.29 is 9.84 Å². The lowest BCUT2D eigenvalue weighted by Gasteiger charge is -2.36. The van der Waals surface area contributed by atoms with Gasteiger partial charge in [-0.25, -0.2) is 4.98 Å². The van der Waals surface area contributed by atoms with E-state index in [9.17, 15) is 5.11 Å². The molecule has 1 aromatic heterocycles. The van der Waals surface area contributed by atoms with Crippen LogP contribution in [0.5, 0.6) is 0 Å². The smallest absolute Gasteiger partial charge is 0.140 e. The van der Waals surface area contributed by atoms with Crippen molar-refractivity contribution in [1.29, 1.82) is 0 Å². The van der Waals surface area contributed by atoms with Crippen LogP contribution in [0.25, 0.3) is 0 Å². The van der Waals surface area contributed by atoms with E-state index in [1.807, 2.05) is 6.20 Å². The van der Waals surface area contributed by atoms with Crippen molar-refractivity contribution in [3.05, 3.63) is 18.2 Å². The molecule has 2 unspecified atom stereocenters. The van der Waals surface area contributed by atoms with Crippen LogP contribution in [0.4, 0.5) is 0 Å². The molecule has 1 N–H and O–H groups in total. The Kier molecular flexibility index (Phi) is 3.84. The van der Waals surface area contributed by atoms with E-state index >= 15 is 0 Å². The zero-order valence-electron chi connectivity index (χ0n) is 10.7. The summed E-state index contributed by atoms with van der Waals surface area (Å²) in [6, 6.07) is 0. The number of hydrogen-bond donors (Lipinski definition) is 1. The summed E-state index contributed by atoms with van der Waals surface area (Å²) in [5, 5.41) is 10.8. The summed E-state index contributed by atoms with van der Waals surface area (Å²) in [5.41, 5.74) is -0.808. The van der Waals surface area contributed by atoms with Crippen LogP contribution < -0.4 is 0 Å². The molecule has 1 aliphatic rings. The standard InChI is InChI=1S/C13H22N2O2/c1-3-7-15-8-6-14-12(15)13(16)5-9-17-11(4-2)10-13/h6,8,11,16H,3-5,7,9-10H2,1-2H3. The van der Waals surface area contributed by atoms with Crippen LogP contribution in [-0.2, 0) is 16.9 Å². The first kappa shape index (κ1) is 12.6. The predicted octanol–water partition coefficient (Wildman–Crippen LogP) is 2.07. The van der Waals surface area contributed by atoms with Gasteiger partial charge in [0.15, 0.2) is 0 Å². The van der Waals surface area contributed by atoms with Gasteiger partial charge in [0.05, 0.1) is 12.7 Å². The van der Waals surface area contributed by atoms with Crippen LogP contribution in [0.15, 0.2) is 12.4 Å². The van der Waals surface area contributed by atoms with Crippen LogP contribution >= 0.6 is 0 Å². The molecule has 4 heteroatoms. The molecule has 1 aromatic rings. The van der Waals surface area contributed by atoms with Gasteiger partial charge in [0.2, 0.25) is 0 Å². The van der Waals surface area contributed by atoms with E-state index in [1.165, 1.54) is 0 Å². The fourth-order valence-electron chi connectivity index (χ4n) is 2.54. The fourth-order valence-corrected chi connectivity index (χ4v) is 2.54. The number of nitrogens with zero attached hydrogens (tertiary/aromatic N) is 2. The van der Waals surface area contributed by atoms with Gasteiger partial charge in [-0.3, -0.25) is 0 Å². The average Bonchev–Trinajstić information content (AvgIpc) is 2.78. The highest BCUT2D eigenvalue weighted by atomic mass is 16.5. The van der Waals surface area contributed by atoms with Crippen LogP contribution in [0.3, 0.4) is 0 Å². The van der Waals surface area contributed by atoms with Crippen LogP contribution in [0, 0.1) is 0 Å². The van der Waals surface area contributed by atoms with Gasteiger partial charge < -0.3 is 14.4 Å². The van der Waals surface area contributed by atoms with E-state index < -0.39 is 5.60 Å². The molecule has 0 radical (unpaired) electrons. The monoisotopic (exact) mass is 238 g/mol. The SMILES string of the molecule is CCCn1ccnc1C1(O)CCOC(CC)C1. The summed E-state index contributed by atoms with van der Waals surface area (Å²) < 4.78 is 7.69. The summed E-state index contributed by atoms with van der Waals surface area (Å²) in [4.78, 5) is 4.36. The van der Waals surface area contributed by atoms with Crippen molar-refractivity contribution in [3.8, 4) is 0 Å². The number of aromatic nitrogens is 2. The Labute approximate surface area is 103 Å². The first-order valence-electron chi connectivity index (χ1n) is 6.55. The van der Waals surface area contributed by atoms with Crippen molar-refractivity contribution in [1.82, 2.24) is 9.55 Å². The normalized spacial score (nSPS) is 29.5. The first-order chi connectivity index (χ1) is 8.19. The molecule has 1 aliphatic heterocycles. The molecule has 17 heavy (non-hydrogen) atoms. The Morgan fingerprint density at radius 3 is 3.12 bits per heavy atom. The van der Waals surface area contributed by atoms with Gasteiger partial charge >= 0.3 is 0 Å². The highest BCUT2D eigenvalue weighted by Crippen LogP contribution is 2.34. The number of hydrogen-bond acceptors (Lipinski definition) is 3. The highest BCUT2D eigenvalue weighted by Gasteiger charge is 2.39. The Balaban J connectivity index is 2.21. The summed E-state index contributed by atoms with van der Waals surface area (Å²) in [6.07, 6.45) is 7.17.